The minimum Gasteiger partial charge on any atom is -0.490 e. The van der Waals surface area contributed by atoms with Crippen LogP contribution < -0.4 is 9.47 Å². The predicted molar refractivity (Wildman–Crippen MR) is 146 cm³/mol. The molecule has 3 aromatic carbocycles. The maximum atomic E-state index is 13.0. The molecule has 0 bridgehead atoms. The van der Waals surface area contributed by atoms with E-state index in [-0.39, 0.29) is 18.1 Å². The number of hydrogen-bond donors (Lipinski definition) is 0. The lowest BCUT2D eigenvalue weighted by Crippen LogP contribution is -2.27. The van der Waals surface area contributed by atoms with Gasteiger partial charge in [-0.2, -0.15) is 0 Å². The number of halogens is 4. The molecule has 1 saturated heterocycles. The summed E-state index contributed by atoms with van der Waals surface area (Å²) in [5, 5.41) is 1.29. The Morgan fingerprint density at radius 1 is 0.917 bits per heavy atom. The molecule has 0 radical (unpaired) electrons. The molecule has 0 spiro atoms. The van der Waals surface area contributed by atoms with E-state index in [1.807, 2.05) is 19.1 Å². The summed E-state index contributed by atoms with van der Waals surface area (Å²) in [7, 11) is 0. The lowest BCUT2D eigenvalue weighted by atomic mass is 10.1. The molecule has 10 heteroatoms. The molecule has 0 aromatic heterocycles. The number of thioether (sulfide) groups is 1. The van der Waals surface area contributed by atoms with Gasteiger partial charge < -0.3 is 9.47 Å². The standard InChI is InChI=1S/C26H19Cl4NO4S/c1-2-34-22-11-16(10-21(30)24(22)35-14-15-6-8-17(27)9-7-15)12-23-25(32)31(26(33)36-23)13-18-19(28)4-3-5-20(18)29/h3-12H,2,13-14H2,1H3/b23-12-. The van der Waals surface area contributed by atoms with Crippen LogP contribution in [0.4, 0.5) is 4.79 Å². The van der Waals surface area contributed by atoms with Gasteiger partial charge in [0.2, 0.25) is 0 Å². The van der Waals surface area contributed by atoms with E-state index in [9.17, 15) is 9.59 Å². The number of benzene rings is 3. The van der Waals surface area contributed by atoms with Crippen LogP contribution in [0.2, 0.25) is 20.1 Å². The van der Waals surface area contributed by atoms with Gasteiger partial charge >= 0.3 is 0 Å². The van der Waals surface area contributed by atoms with E-state index >= 15 is 0 Å². The smallest absolute Gasteiger partial charge is 0.293 e. The molecule has 186 valence electrons. The first-order chi connectivity index (χ1) is 17.3. The monoisotopic (exact) mass is 581 g/mol. The van der Waals surface area contributed by atoms with Crippen LogP contribution in [0.3, 0.4) is 0 Å². The van der Waals surface area contributed by atoms with Crippen molar-refractivity contribution in [2.75, 3.05) is 6.61 Å². The van der Waals surface area contributed by atoms with Gasteiger partial charge in [0.1, 0.15) is 6.61 Å². The number of imide groups is 1. The van der Waals surface area contributed by atoms with E-state index < -0.39 is 11.1 Å². The summed E-state index contributed by atoms with van der Waals surface area (Å²) in [6.45, 7) is 2.46. The number of rotatable bonds is 8. The maximum absolute atomic E-state index is 13.0. The van der Waals surface area contributed by atoms with Crippen LogP contribution in [0.1, 0.15) is 23.6 Å². The highest BCUT2D eigenvalue weighted by Crippen LogP contribution is 2.40. The molecule has 1 fully saturated rings. The lowest BCUT2D eigenvalue weighted by Gasteiger charge is -2.15. The average molecular weight is 583 g/mol. The first-order valence-corrected chi connectivity index (χ1v) is 13.1. The summed E-state index contributed by atoms with van der Waals surface area (Å²) in [4.78, 5) is 27.0. The molecule has 0 saturated carbocycles. The second-order valence-corrected chi connectivity index (χ2v) is 10.3. The molecule has 1 heterocycles. The Morgan fingerprint density at radius 3 is 2.28 bits per heavy atom. The lowest BCUT2D eigenvalue weighted by molar-refractivity contribution is -0.123. The highest BCUT2D eigenvalue weighted by Gasteiger charge is 2.35. The zero-order valence-corrected chi connectivity index (χ0v) is 22.7. The van der Waals surface area contributed by atoms with E-state index in [1.165, 1.54) is 0 Å². The summed E-state index contributed by atoms with van der Waals surface area (Å²) < 4.78 is 11.7. The molecular formula is C26H19Cl4NO4S. The number of ether oxygens (including phenoxy) is 2. The van der Waals surface area contributed by atoms with E-state index in [4.69, 9.17) is 55.9 Å². The van der Waals surface area contributed by atoms with Gasteiger partial charge in [-0.05, 0) is 72.3 Å². The van der Waals surface area contributed by atoms with Crippen molar-refractivity contribution in [1.29, 1.82) is 0 Å². The zero-order chi connectivity index (χ0) is 25.8. The molecule has 0 aliphatic carbocycles. The van der Waals surface area contributed by atoms with Crippen LogP contribution in [0.5, 0.6) is 11.5 Å². The summed E-state index contributed by atoms with van der Waals surface area (Å²) in [5.74, 6) is 0.359. The number of amides is 2. The highest BCUT2D eigenvalue weighted by atomic mass is 35.5. The minimum absolute atomic E-state index is 0.0249. The molecule has 1 aliphatic rings. The van der Waals surface area contributed by atoms with Crippen molar-refractivity contribution in [3.8, 4) is 11.5 Å². The van der Waals surface area contributed by atoms with Crippen molar-refractivity contribution in [3.05, 3.63) is 96.3 Å². The first-order valence-electron chi connectivity index (χ1n) is 10.8. The fraction of sp³-hybridized carbons (Fsp3) is 0.154. The minimum atomic E-state index is -0.446. The highest BCUT2D eigenvalue weighted by molar-refractivity contribution is 8.18. The predicted octanol–water partition coefficient (Wildman–Crippen LogP) is 8.51. The molecule has 3 aromatic rings. The van der Waals surface area contributed by atoms with Gasteiger partial charge in [0.15, 0.2) is 11.5 Å². The zero-order valence-electron chi connectivity index (χ0n) is 18.9. The van der Waals surface area contributed by atoms with Gasteiger partial charge in [0.25, 0.3) is 11.1 Å². The summed E-state index contributed by atoms with van der Waals surface area (Å²) in [6.07, 6.45) is 1.59. The fourth-order valence-electron chi connectivity index (χ4n) is 3.44. The molecule has 2 amide bonds. The number of nitrogens with zero attached hydrogens (tertiary/aromatic N) is 1. The third-order valence-electron chi connectivity index (χ3n) is 5.18. The van der Waals surface area contributed by atoms with Crippen LogP contribution in [0.25, 0.3) is 6.08 Å². The molecular weight excluding hydrogens is 564 g/mol. The summed E-state index contributed by atoms with van der Waals surface area (Å²) in [6, 6.07) is 15.7. The molecule has 0 unspecified atom stereocenters. The third kappa shape index (κ3) is 6.13. The van der Waals surface area contributed by atoms with Crippen LogP contribution >= 0.6 is 58.2 Å². The Kier molecular flexibility index (Phi) is 8.75. The van der Waals surface area contributed by atoms with Crippen molar-refractivity contribution >= 4 is 75.4 Å². The number of hydrogen-bond acceptors (Lipinski definition) is 5. The number of carbonyl (C=O) groups is 2. The first kappa shape index (κ1) is 26.7. The van der Waals surface area contributed by atoms with Crippen molar-refractivity contribution in [2.45, 2.75) is 20.1 Å². The topological polar surface area (TPSA) is 55.8 Å². The van der Waals surface area contributed by atoms with Crippen molar-refractivity contribution in [1.82, 2.24) is 4.90 Å². The molecule has 5 nitrogen and oxygen atoms in total. The quantitative estimate of drug-likeness (QED) is 0.249. The van der Waals surface area contributed by atoms with Crippen LogP contribution in [-0.2, 0) is 17.9 Å². The van der Waals surface area contributed by atoms with Gasteiger partial charge in [0, 0.05) is 20.6 Å². The normalized spacial score (nSPS) is 14.6. The molecule has 0 atom stereocenters. The second kappa shape index (κ2) is 11.8. The van der Waals surface area contributed by atoms with Gasteiger partial charge in [-0.15, -0.1) is 0 Å². The Hall–Kier alpha value is -2.35. The van der Waals surface area contributed by atoms with Crippen LogP contribution in [0.15, 0.2) is 59.5 Å². The summed E-state index contributed by atoms with van der Waals surface area (Å²) >= 11 is 25.7. The van der Waals surface area contributed by atoms with E-state index in [0.29, 0.717) is 49.3 Å². The third-order valence-corrected chi connectivity index (χ3v) is 7.33. The van der Waals surface area contributed by atoms with E-state index in [1.54, 1.807) is 48.5 Å². The Morgan fingerprint density at radius 2 is 1.61 bits per heavy atom. The Bertz CT molecular complexity index is 1320. The second-order valence-electron chi connectivity index (χ2n) is 7.65. The van der Waals surface area contributed by atoms with Crippen LogP contribution in [-0.4, -0.2) is 22.7 Å². The summed E-state index contributed by atoms with van der Waals surface area (Å²) in [5.41, 5.74) is 2.01. The fourth-order valence-corrected chi connectivity index (χ4v) is 5.19. The van der Waals surface area contributed by atoms with E-state index in [0.717, 1.165) is 22.2 Å². The molecule has 4 rings (SSSR count). The molecule has 36 heavy (non-hydrogen) atoms. The van der Waals surface area contributed by atoms with Gasteiger partial charge in [-0.25, -0.2) is 0 Å². The molecule has 0 N–H and O–H groups in total. The van der Waals surface area contributed by atoms with Crippen LogP contribution in [0, 0.1) is 0 Å². The largest absolute Gasteiger partial charge is 0.490 e. The van der Waals surface area contributed by atoms with Crippen molar-refractivity contribution in [3.63, 3.8) is 0 Å². The maximum Gasteiger partial charge on any atom is 0.293 e. The molecule has 1 aliphatic heterocycles. The van der Waals surface area contributed by atoms with Gasteiger partial charge in [-0.1, -0.05) is 64.6 Å². The number of carbonyl (C=O) groups excluding carboxylic acids is 2. The van der Waals surface area contributed by atoms with Crippen molar-refractivity contribution < 1.29 is 19.1 Å². The average Bonchev–Trinajstić information content (AvgIpc) is 3.09. The Labute approximate surface area is 232 Å². The SMILES string of the molecule is CCOc1cc(/C=C2\SC(=O)N(Cc3c(Cl)cccc3Cl)C2=O)cc(Cl)c1OCc1ccc(Cl)cc1. The van der Waals surface area contributed by atoms with Gasteiger partial charge in [-0.3, -0.25) is 14.5 Å². The Balaban J connectivity index is 1.56. The van der Waals surface area contributed by atoms with E-state index in [2.05, 4.69) is 0 Å². The van der Waals surface area contributed by atoms with Gasteiger partial charge in [0.05, 0.1) is 23.1 Å². The van der Waals surface area contributed by atoms with Crippen molar-refractivity contribution in [2.24, 2.45) is 0 Å².